The Morgan fingerprint density at radius 1 is 1.19 bits per heavy atom. The van der Waals surface area contributed by atoms with Crippen LogP contribution in [0.15, 0.2) is 24.3 Å². The van der Waals surface area contributed by atoms with Crippen LogP contribution in [-0.2, 0) is 0 Å². The van der Waals surface area contributed by atoms with Crippen molar-refractivity contribution < 1.29 is 0 Å². The summed E-state index contributed by atoms with van der Waals surface area (Å²) in [6, 6.07) is 9.98. The normalized spacial score (nSPS) is 19.6. The first-order valence-electron chi connectivity index (χ1n) is 6.29. The van der Waals surface area contributed by atoms with Gasteiger partial charge in [0.15, 0.2) is 0 Å². The summed E-state index contributed by atoms with van der Waals surface area (Å²) in [5.41, 5.74) is 2.72. The molecule has 2 rings (SSSR count). The van der Waals surface area contributed by atoms with Gasteiger partial charge >= 0.3 is 0 Å². The number of aryl methyl sites for hydroxylation is 1. The fourth-order valence-corrected chi connectivity index (χ4v) is 2.29. The number of nitrogens with one attached hydrogen (secondary N) is 2. The van der Waals surface area contributed by atoms with Crippen molar-refractivity contribution in [2.24, 2.45) is 0 Å². The Bertz CT molecular complexity index is 312. The van der Waals surface area contributed by atoms with Crippen molar-refractivity contribution in [2.45, 2.75) is 38.8 Å². The van der Waals surface area contributed by atoms with E-state index < -0.39 is 0 Å². The number of rotatable bonds is 3. The Labute approximate surface area is 98.4 Å². The molecule has 1 aliphatic heterocycles. The fourth-order valence-electron chi connectivity index (χ4n) is 2.29. The lowest BCUT2D eigenvalue weighted by molar-refractivity contribution is 0.359. The van der Waals surface area contributed by atoms with E-state index in [9.17, 15) is 0 Å². The SMILES string of the molecule is Cc1ccc([C@H](C)NC2CCNCC2)cc1. The quantitative estimate of drug-likeness (QED) is 0.814. The largest absolute Gasteiger partial charge is 0.317 e. The van der Waals surface area contributed by atoms with Crippen LogP contribution in [0.1, 0.15) is 36.9 Å². The maximum Gasteiger partial charge on any atom is 0.0294 e. The predicted molar refractivity (Wildman–Crippen MR) is 68.6 cm³/mol. The maximum absolute atomic E-state index is 3.71. The third-order valence-electron chi connectivity index (χ3n) is 3.40. The average molecular weight is 218 g/mol. The van der Waals surface area contributed by atoms with Gasteiger partial charge in [0, 0.05) is 12.1 Å². The van der Waals surface area contributed by atoms with Gasteiger partial charge in [-0.05, 0) is 45.3 Å². The van der Waals surface area contributed by atoms with E-state index in [1.54, 1.807) is 0 Å². The highest BCUT2D eigenvalue weighted by atomic mass is 15.0. The van der Waals surface area contributed by atoms with E-state index >= 15 is 0 Å². The monoisotopic (exact) mass is 218 g/mol. The first kappa shape index (κ1) is 11.6. The summed E-state index contributed by atoms with van der Waals surface area (Å²) in [5.74, 6) is 0. The standard InChI is InChI=1S/C14H22N2/c1-11-3-5-13(6-4-11)12(2)16-14-7-9-15-10-8-14/h3-6,12,14-16H,7-10H2,1-2H3/t12-/m0/s1. The summed E-state index contributed by atoms with van der Waals surface area (Å²) in [7, 11) is 0. The molecule has 16 heavy (non-hydrogen) atoms. The highest BCUT2D eigenvalue weighted by Crippen LogP contribution is 2.15. The zero-order valence-corrected chi connectivity index (χ0v) is 10.3. The first-order valence-corrected chi connectivity index (χ1v) is 6.29. The summed E-state index contributed by atoms with van der Waals surface area (Å²) in [6.45, 7) is 6.69. The van der Waals surface area contributed by atoms with Crippen molar-refractivity contribution in [1.82, 2.24) is 10.6 Å². The Kier molecular flexibility index (Phi) is 3.97. The van der Waals surface area contributed by atoms with Crippen molar-refractivity contribution in [2.75, 3.05) is 13.1 Å². The Morgan fingerprint density at radius 2 is 1.81 bits per heavy atom. The fraction of sp³-hybridized carbons (Fsp3) is 0.571. The van der Waals surface area contributed by atoms with E-state index in [-0.39, 0.29) is 0 Å². The zero-order chi connectivity index (χ0) is 11.4. The Morgan fingerprint density at radius 3 is 2.44 bits per heavy atom. The third kappa shape index (κ3) is 3.06. The second-order valence-corrected chi connectivity index (χ2v) is 4.82. The van der Waals surface area contributed by atoms with Gasteiger partial charge in [0.05, 0.1) is 0 Å². The van der Waals surface area contributed by atoms with Gasteiger partial charge in [0.1, 0.15) is 0 Å². The number of piperidine rings is 1. The molecule has 1 saturated heterocycles. The molecule has 1 aromatic rings. The van der Waals surface area contributed by atoms with Gasteiger partial charge in [-0.1, -0.05) is 29.8 Å². The van der Waals surface area contributed by atoms with Gasteiger partial charge in [0.2, 0.25) is 0 Å². The summed E-state index contributed by atoms with van der Waals surface area (Å²) < 4.78 is 0. The average Bonchev–Trinajstić information content (AvgIpc) is 2.31. The van der Waals surface area contributed by atoms with E-state index in [1.807, 2.05) is 0 Å². The minimum atomic E-state index is 0.462. The molecule has 1 atom stereocenters. The van der Waals surface area contributed by atoms with Crippen LogP contribution in [0.2, 0.25) is 0 Å². The molecule has 0 bridgehead atoms. The van der Waals surface area contributed by atoms with Crippen LogP contribution in [0.3, 0.4) is 0 Å². The van der Waals surface area contributed by atoms with Gasteiger partial charge in [-0.25, -0.2) is 0 Å². The van der Waals surface area contributed by atoms with Crippen molar-refractivity contribution in [3.8, 4) is 0 Å². The molecule has 1 aromatic carbocycles. The molecule has 0 saturated carbocycles. The molecule has 1 heterocycles. The van der Waals surface area contributed by atoms with Gasteiger partial charge in [-0.15, -0.1) is 0 Å². The molecule has 0 amide bonds. The Balaban J connectivity index is 1.91. The second kappa shape index (κ2) is 5.46. The van der Waals surface area contributed by atoms with Crippen LogP contribution in [0, 0.1) is 6.92 Å². The smallest absolute Gasteiger partial charge is 0.0294 e. The molecule has 88 valence electrons. The molecule has 0 spiro atoms. The number of hydrogen-bond acceptors (Lipinski definition) is 2. The van der Waals surface area contributed by atoms with Crippen molar-refractivity contribution >= 4 is 0 Å². The lowest BCUT2D eigenvalue weighted by atomic mass is 10.0. The van der Waals surface area contributed by atoms with E-state index in [4.69, 9.17) is 0 Å². The molecule has 2 heteroatoms. The zero-order valence-electron chi connectivity index (χ0n) is 10.3. The lowest BCUT2D eigenvalue weighted by Crippen LogP contribution is -2.40. The van der Waals surface area contributed by atoms with E-state index in [0.717, 1.165) is 13.1 Å². The summed E-state index contributed by atoms with van der Waals surface area (Å²) >= 11 is 0. The van der Waals surface area contributed by atoms with Crippen LogP contribution in [-0.4, -0.2) is 19.1 Å². The molecule has 0 unspecified atom stereocenters. The topological polar surface area (TPSA) is 24.1 Å². The predicted octanol–water partition coefficient (Wildman–Crippen LogP) is 2.40. The van der Waals surface area contributed by atoms with E-state index in [1.165, 1.54) is 24.0 Å². The van der Waals surface area contributed by atoms with Crippen LogP contribution >= 0.6 is 0 Å². The van der Waals surface area contributed by atoms with Gasteiger partial charge in [-0.2, -0.15) is 0 Å². The highest BCUT2D eigenvalue weighted by Gasteiger charge is 2.15. The van der Waals surface area contributed by atoms with Crippen molar-refractivity contribution in [3.63, 3.8) is 0 Å². The Hall–Kier alpha value is -0.860. The van der Waals surface area contributed by atoms with Gasteiger partial charge < -0.3 is 10.6 Å². The lowest BCUT2D eigenvalue weighted by Gasteiger charge is -2.27. The maximum atomic E-state index is 3.71. The minimum absolute atomic E-state index is 0.462. The molecule has 1 aliphatic rings. The molecule has 1 fully saturated rings. The summed E-state index contributed by atoms with van der Waals surface area (Å²) in [6.07, 6.45) is 2.49. The minimum Gasteiger partial charge on any atom is -0.317 e. The molecule has 0 aliphatic carbocycles. The molecule has 2 nitrogen and oxygen atoms in total. The second-order valence-electron chi connectivity index (χ2n) is 4.82. The molecular weight excluding hydrogens is 196 g/mol. The molecule has 2 N–H and O–H groups in total. The van der Waals surface area contributed by atoms with E-state index in [2.05, 4.69) is 48.7 Å². The first-order chi connectivity index (χ1) is 7.75. The highest BCUT2D eigenvalue weighted by molar-refractivity contribution is 5.23. The van der Waals surface area contributed by atoms with Crippen LogP contribution in [0.25, 0.3) is 0 Å². The van der Waals surface area contributed by atoms with Crippen LogP contribution in [0.4, 0.5) is 0 Å². The number of benzene rings is 1. The van der Waals surface area contributed by atoms with Crippen molar-refractivity contribution in [3.05, 3.63) is 35.4 Å². The van der Waals surface area contributed by atoms with Gasteiger partial charge in [-0.3, -0.25) is 0 Å². The molecule has 0 radical (unpaired) electrons. The number of hydrogen-bond donors (Lipinski definition) is 2. The van der Waals surface area contributed by atoms with Crippen LogP contribution in [0.5, 0.6) is 0 Å². The van der Waals surface area contributed by atoms with E-state index in [0.29, 0.717) is 12.1 Å². The molecule has 0 aromatic heterocycles. The van der Waals surface area contributed by atoms with Crippen LogP contribution < -0.4 is 10.6 Å². The summed E-state index contributed by atoms with van der Waals surface area (Å²) in [5, 5.41) is 7.11. The van der Waals surface area contributed by atoms with Gasteiger partial charge in [0.25, 0.3) is 0 Å². The molecular formula is C14H22N2. The third-order valence-corrected chi connectivity index (χ3v) is 3.40. The van der Waals surface area contributed by atoms with Crippen molar-refractivity contribution in [1.29, 1.82) is 0 Å². The summed E-state index contributed by atoms with van der Waals surface area (Å²) in [4.78, 5) is 0.